The number of anilines is 1. The molecule has 0 heterocycles. The standard InChI is InChI=1S/C18H17ClFNO3S/c1-11-3-5-14(7-12(11)2)25-10-18(23)24-9-17(22)21-13-4-6-16(20)15(19)8-13/h3-8H,9-10H2,1-2H3,(H,21,22). The highest BCUT2D eigenvalue weighted by molar-refractivity contribution is 8.00. The van der Waals surface area contributed by atoms with Crippen molar-refractivity contribution in [3.8, 4) is 0 Å². The lowest BCUT2D eigenvalue weighted by Crippen LogP contribution is -2.21. The van der Waals surface area contributed by atoms with Crippen molar-refractivity contribution in [1.82, 2.24) is 0 Å². The van der Waals surface area contributed by atoms with Crippen LogP contribution in [0.1, 0.15) is 11.1 Å². The third-order valence-corrected chi connectivity index (χ3v) is 4.66. The van der Waals surface area contributed by atoms with Crippen LogP contribution in [0.25, 0.3) is 0 Å². The van der Waals surface area contributed by atoms with E-state index in [9.17, 15) is 14.0 Å². The normalized spacial score (nSPS) is 10.4. The average Bonchev–Trinajstić information content (AvgIpc) is 2.57. The SMILES string of the molecule is Cc1ccc(SCC(=O)OCC(=O)Nc2ccc(F)c(Cl)c2)cc1C. The van der Waals surface area contributed by atoms with Crippen LogP contribution in [0.2, 0.25) is 5.02 Å². The Hall–Kier alpha value is -2.05. The summed E-state index contributed by atoms with van der Waals surface area (Å²) in [6.07, 6.45) is 0. The second-order valence-electron chi connectivity index (χ2n) is 5.37. The summed E-state index contributed by atoms with van der Waals surface area (Å²) in [5.41, 5.74) is 2.66. The highest BCUT2D eigenvalue weighted by atomic mass is 35.5. The fourth-order valence-corrected chi connectivity index (χ4v) is 2.88. The Morgan fingerprint density at radius 2 is 1.92 bits per heavy atom. The first-order valence-electron chi connectivity index (χ1n) is 7.45. The third kappa shape index (κ3) is 6.07. The Kier molecular flexibility index (Phi) is 6.84. The number of esters is 1. The number of hydrogen-bond acceptors (Lipinski definition) is 4. The van der Waals surface area contributed by atoms with Crippen LogP contribution in [0.5, 0.6) is 0 Å². The minimum Gasteiger partial charge on any atom is -0.455 e. The first-order valence-corrected chi connectivity index (χ1v) is 8.82. The second kappa shape index (κ2) is 8.87. The Bertz CT molecular complexity index is 798. The van der Waals surface area contributed by atoms with E-state index >= 15 is 0 Å². The van der Waals surface area contributed by atoms with Crippen molar-refractivity contribution >= 4 is 40.9 Å². The Labute approximate surface area is 154 Å². The van der Waals surface area contributed by atoms with E-state index in [-0.39, 0.29) is 10.8 Å². The molecule has 0 saturated carbocycles. The maximum absolute atomic E-state index is 13.0. The third-order valence-electron chi connectivity index (χ3n) is 3.40. The van der Waals surface area contributed by atoms with Crippen molar-refractivity contribution in [2.24, 2.45) is 0 Å². The van der Waals surface area contributed by atoms with Crippen LogP contribution < -0.4 is 5.32 Å². The summed E-state index contributed by atoms with van der Waals surface area (Å²) in [5.74, 6) is -1.48. The van der Waals surface area contributed by atoms with Crippen molar-refractivity contribution in [1.29, 1.82) is 0 Å². The largest absolute Gasteiger partial charge is 0.455 e. The Balaban J connectivity index is 1.76. The van der Waals surface area contributed by atoms with Gasteiger partial charge in [-0.15, -0.1) is 11.8 Å². The molecule has 0 radical (unpaired) electrons. The minimum absolute atomic E-state index is 0.0976. The summed E-state index contributed by atoms with van der Waals surface area (Å²) in [4.78, 5) is 24.4. The maximum Gasteiger partial charge on any atom is 0.316 e. The molecule has 0 atom stereocenters. The van der Waals surface area contributed by atoms with Crippen molar-refractivity contribution in [2.75, 3.05) is 17.7 Å². The van der Waals surface area contributed by atoms with Gasteiger partial charge in [0.25, 0.3) is 5.91 Å². The molecular formula is C18H17ClFNO3S. The van der Waals surface area contributed by atoms with Crippen molar-refractivity contribution < 1.29 is 18.7 Å². The summed E-state index contributed by atoms with van der Waals surface area (Å²) in [6.45, 7) is 3.61. The van der Waals surface area contributed by atoms with Gasteiger partial charge in [-0.05, 0) is 55.3 Å². The number of hydrogen-bond donors (Lipinski definition) is 1. The molecule has 1 N–H and O–H groups in total. The number of rotatable bonds is 6. The van der Waals surface area contributed by atoms with Gasteiger partial charge < -0.3 is 10.1 Å². The Morgan fingerprint density at radius 3 is 2.60 bits per heavy atom. The molecule has 0 saturated heterocycles. The van der Waals surface area contributed by atoms with Gasteiger partial charge in [-0.1, -0.05) is 17.7 Å². The zero-order valence-electron chi connectivity index (χ0n) is 13.8. The fourth-order valence-electron chi connectivity index (χ4n) is 1.90. The van der Waals surface area contributed by atoms with Gasteiger partial charge >= 0.3 is 5.97 Å². The lowest BCUT2D eigenvalue weighted by Gasteiger charge is -2.08. The predicted octanol–water partition coefficient (Wildman–Crippen LogP) is 4.37. The molecular weight excluding hydrogens is 365 g/mol. The quantitative estimate of drug-likeness (QED) is 0.596. The molecule has 0 aliphatic carbocycles. The van der Waals surface area contributed by atoms with E-state index in [0.29, 0.717) is 5.69 Å². The topological polar surface area (TPSA) is 55.4 Å². The van der Waals surface area contributed by atoms with Gasteiger partial charge in [-0.25, -0.2) is 4.39 Å². The molecule has 0 spiro atoms. The zero-order chi connectivity index (χ0) is 18.4. The van der Waals surface area contributed by atoms with Crippen LogP contribution in [-0.2, 0) is 14.3 Å². The van der Waals surface area contributed by atoms with Crippen LogP contribution >= 0.6 is 23.4 Å². The maximum atomic E-state index is 13.0. The molecule has 2 aromatic rings. The molecule has 4 nitrogen and oxygen atoms in total. The highest BCUT2D eigenvalue weighted by Crippen LogP contribution is 2.21. The Morgan fingerprint density at radius 1 is 1.16 bits per heavy atom. The van der Waals surface area contributed by atoms with E-state index < -0.39 is 24.3 Å². The van der Waals surface area contributed by atoms with Crippen molar-refractivity contribution in [3.05, 3.63) is 58.4 Å². The molecule has 0 bridgehead atoms. The summed E-state index contributed by atoms with van der Waals surface area (Å²) in [6, 6.07) is 9.72. The van der Waals surface area contributed by atoms with Gasteiger partial charge in [0.1, 0.15) is 5.82 Å². The van der Waals surface area contributed by atoms with E-state index in [1.54, 1.807) is 0 Å². The molecule has 1 amide bonds. The van der Waals surface area contributed by atoms with Gasteiger partial charge in [-0.3, -0.25) is 9.59 Å². The molecule has 7 heteroatoms. The van der Waals surface area contributed by atoms with Gasteiger partial charge in [-0.2, -0.15) is 0 Å². The summed E-state index contributed by atoms with van der Waals surface area (Å²) < 4.78 is 18.0. The van der Waals surface area contributed by atoms with Gasteiger partial charge in [0, 0.05) is 10.6 Å². The highest BCUT2D eigenvalue weighted by Gasteiger charge is 2.10. The second-order valence-corrected chi connectivity index (χ2v) is 6.83. The van der Waals surface area contributed by atoms with Crippen LogP contribution in [0.3, 0.4) is 0 Å². The number of carbonyl (C=O) groups is 2. The molecule has 2 aromatic carbocycles. The number of nitrogens with one attached hydrogen (secondary N) is 1. The monoisotopic (exact) mass is 381 g/mol. The van der Waals surface area contributed by atoms with E-state index in [0.717, 1.165) is 16.5 Å². The zero-order valence-corrected chi connectivity index (χ0v) is 15.3. The number of thioether (sulfide) groups is 1. The lowest BCUT2D eigenvalue weighted by molar-refractivity contribution is -0.144. The summed E-state index contributed by atoms with van der Waals surface area (Å²) >= 11 is 6.98. The summed E-state index contributed by atoms with van der Waals surface area (Å²) in [5, 5.41) is 2.38. The number of carbonyl (C=O) groups excluding carboxylic acids is 2. The first kappa shape index (κ1) is 19.3. The number of benzene rings is 2. The molecule has 132 valence electrons. The van der Waals surface area contributed by atoms with Crippen LogP contribution in [0.4, 0.5) is 10.1 Å². The molecule has 0 aliphatic rings. The van der Waals surface area contributed by atoms with E-state index in [4.69, 9.17) is 16.3 Å². The van der Waals surface area contributed by atoms with E-state index in [2.05, 4.69) is 5.32 Å². The average molecular weight is 382 g/mol. The van der Waals surface area contributed by atoms with Gasteiger partial charge in [0.15, 0.2) is 6.61 Å². The van der Waals surface area contributed by atoms with Crippen LogP contribution in [0, 0.1) is 19.7 Å². The number of halogens is 2. The summed E-state index contributed by atoms with van der Waals surface area (Å²) in [7, 11) is 0. The predicted molar refractivity (Wildman–Crippen MR) is 97.6 cm³/mol. The number of aryl methyl sites for hydroxylation is 2. The van der Waals surface area contributed by atoms with Crippen molar-refractivity contribution in [2.45, 2.75) is 18.7 Å². The molecule has 0 aliphatic heterocycles. The van der Waals surface area contributed by atoms with Crippen molar-refractivity contribution in [3.63, 3.8) is 0 Å². The van der Waals surface area contributed by atoms with Gasteiger partial charge in [0.2, 0.25) is 0 Å². The molecule has 25 heavy (non-hydrogen) atoms. The van der Waals surface area contributed by atoms with Crippen LogP contribution in [0.15, 0.2) is 41.3 Å². The number of ether oxygens (including phenoxy) is 1. The van der Waals surface area contributed by atoms with Gasteiger partial charge in [0.05, 0.1) is 10.8 Å². The van der Waals surface area contributed by atoms with Crippen LogP contribution in [-0.4, -0.2) is 24.2 Å². The molecule has 0 aromatic heterocycles. The van der Waals surface area contributed by atoms with E-state index in [1.165, 1.54) is 29.5 Å². The van der Waals surface area contributed by atoms with E-state index in [1.807, 2.05) is 32.0 Å². The first-order chi connectivity index (χ1) is 11.8. The molecule has 0 fully saturated rings. The number of amides is 1. The lowest BCUT2D eigenvalue weighted by atomic mass is 10.1. The fraction of sp³-hybridized carbons (Fsp3) is 0.222. The molecule has 0 unspecified atom stereocenters. The smallest absolute Gasteiger partial charge is 0.316 e. The molecule has 2 rings (SSSR count). The minimum atomic E-state index is -0.575.